The lowest BCUT2D eigenvalue weighted by atomic mass is 9.48. The molecule has 0 heterocycles. The Morgan fingerprint density at radius 1 is 0.895 bits per heavy atom. The van der Waals surface area contributed by atoms with Crippen molar-refractivity contribution in [2.24, 2.45) is 17.8 Å². The summed E-state index contributed by atoms with van der Waals surface area (Å²) in [5.41, 5.74) is 4.75. The summed E-state index contributed by atoms with van der Waals surface area (Å²) in [5.74, 6) is 3.68. The zero-order chi connectivity index (χ0) is 26.1. The van der Waals surface area contributed by atoms with Gasteiger partial charge in [0, 0.05) is 11.1 Å². The SMILES string of the molecule is CCOC(=O)COc1ccc(-c2ccc(OCc3ccccc3)c(C34CC5CC(CC(C5)C3)C4)c2)c(Cl)c1. The van der Waals surface area contributed by atoms with Gasteiger partial charge in [-0.2, -0.15) is 0 Å². The van der Waals surface area contributed by atoms with Crippen molar-refractivity contribution in [3.8, 4) is 22.6 Å². The fourth-order valence-electron chi connectivity index (χ4n) is 7.58. The molecule has 0 saturated heterocycles. The molecule has 4 aliphatic rings. The normalized spacial score (nSPS) is 25.3. The second-order valence-electron chi connectivity index (χ2n) is 11.4. The van der Waals surface area contributed by atoms with Gasteiger partial charge >= 0.3 is 5.97 Å². The molecule has 0 amide bonds. The monoisotopic (exact) mass is 530 g/mol. The molecule has 38 heavy (non-hydrogen) atoms. The summed E-state index contributed by atoms with van der Waals surface area (Å²) >= 11 is 6.77. The van der Waals surface area contributed by atoms with Crippen molar-refractivity contribution in [3.05, 3.63) is 82.9 Å². The number of carbonyl (C=O) groups excluding carboxylic acids is 1. The Labute approximate surface area is 230 Å². The van der Waals surface area contributed by atoms with E-state index in [9.17, 15) is 4.79 Å². The van der Waals surface area contributed by atoms with Crippen LogP contribution < -0.4 is 9.47 Å². The molecule has 3 aromatic rings. The van der Waals surface area contributed by atoms with Gasteiger partial charge in [-0.15, -0.1) is 0 Å². The summed E-state index contributed by atoms with van der Waals surface area (Å²) in [6.07, 6.45) is 7.99. The van der Waals surface area contributed by atoms with Crippen LogP contribution in [0, 0.1) is 17.8 Å². The van der Waals surface area contributed by atoms with Gasteiger partial charge in [0.05, 0.1) is 11.6 Å². The third-order valence-electron chi connectivity index (χ3n) is 8.74. The van der Waals surface area contributed by atoms with Crippen LogP contribution in [0.1, 0.15) is 56.6 Å². The summed E-state index contributed by atoms with van der Waals surface area (Å²) in [6.45, 7) is 2.54. The van der Waals surface area contributed by atoms with E-state index in [2.05, 4.69) is 42.5 Å². The van der Waals surface area contributed by atoms with Gasteiger partial charge in [-0.25, -0.2) is 4.79 Å². The Hall–Kier alpha value is -2.98. The van der Waals surface area contributed by atoms with Crippen LogP contribution in [-0.4, -0.2) is 19.2 Å². The van der Waals surface area contributed by atoms with E-state index in [0.717, 1.165) is 34.6 Å². The predicted octanol–water partition coefficient (Wildman–Crippen LogP) is 8.00. The molecule has 0 radical (unpaired) electrons. The second-order valence-corrected chi connectivity index (χ2v) is 11.8. The van der Waals surface area contributed by atoms with Crippen LogP contribution in [0.2, 0.25) is 5.02 Å². The molecule has 4 saturated carbocycles. The predicted molar refractivity (Wildman–Crippen MR) is 150 cm³/mol. The van der Waals surface area contributed by atoms with Crippen LogP contribution in [0.15, 0.2) is 66.7 Å². The third kappa shape index (κ3) is 5.16. The highest BCUT2D eigenvalue weighted by atomic mass is 35.5. The second kappa shape index (κ2) is 10.6. The lowest BCUT2D eigenvalue weighted by Crippen LogP contribution is -2.48. The number of halogens is 1. The fourth-order valence-corrected chi connectivity index (χ4v) is 7.86. The minimum Gasteiger partial charge on any atom is -0.489 e. The maximum Gasteiger partial charge on any atom is 0.344 e. The number of esters is 1. The van der Waals surface area contributed by atoms with E-state index in [1.165, 1.54) is 49.7 Å². The highest BCUT2D eigenvalue weighted by Crippen LogP contribution is 2.62. The fraction of sp³-hybridized carbons (Fsp3) is 0.424. The van der Waals surface area contributed by atoms with E-state index in [1.54, 1.807) is 13.0 Å². The summed E-state index contributed by atoms with van der Waals surface area (Å²) < 4.78 is 17.1. The van der Waals surface area contributed by atoms with Gasteiger partial charge in [0.1, 0.15) is 18.1 Å². The molecule has 0 atom stereocenters. The van der Waals surface area contributed by atoms with Crippen molar-refractivity contribution in [2.75, 3.05) is 13.2 Å². The number of hydrogen-bond donors (Lipinski definition) is 0. The van der Waals surface area contributed by atoms with E-state index in [-0.39, 0.29) is 18.0 Å². The summed E-state index contributed by atoms with van der Waals surface area (Å²) in [6, 6.07) is 22.6. The molecule has 0 N–H and O–H groups in total. The van der Waals surface area contributed by atoms with Crippen LogP contribution in [-0.2, 0) is 21.6 Å². The quantitative estimate of drug-likeness (QED) is 0.263. The maximum absolute atomic E-state index is 11.7. The molecular formula is C33H35ClO4. The van der Waals surface area contributed by atoms with E-state index < -0.39 is 0 Å². The number of rotatable bonds is 9. The molecule has 7 rings (SSSR count). The molecule has 3 aromatic carbocycles. The Balaban J connectivity index is 1.31. The first-order valence-electron chi connectivity index (χ1n) is 13.9. The lowest BCUT2D eigenvalue weighted by molar-refractivity contribution is -0.145. The number of carbonyl (C=O) groups is 1. The topological polar surface area (TPSA) is 44.8 Å². The highest BCUT2D eigenvalue weighted by Gasteiger charge is 2.52. The minimum atomic E-state index is -0.390. The van der Waals surface area contributed by atoms with Crippen molar-refractivity contribution in [1.29, 1.82) is 0 Å². The van der Waals surface area contributed by atoms with E-state index >= 15 is 0 Å². The zero-order valence-corrected chi connectivity index (χ0v) is 22.7. The number of ether oxygens (including phenoxy) is 3. The Morgan fingerprint density at radius 2 is 1.61 bits per heavy atom. The van der Waals surface area contributed by atoms with Crippen LogP contribution in [0.5, 0.6) is 11.5 Å². The van der Waals surface area contributed by atoms with E-state index in [0.29, 0.717) is 24.0 Å². The first-order valence-corrected chi connectivity index (χ1v) is 14.3. The Morgan fingerprint density at radius 3 is 2.26 bits per heavy atom. The average Bonchev–Trinajstić information content (AvgIpc) is 2.91. The smallest absolute Gasteiger partial charge is 0.344 e. The first kappa shape index (κ1) is 25.3. The van der Waals surface area contributed by atoms with Gasteiger partial charge < -0.3 is 14.2 Å². The summed E-state index contributed by atoms with van der Waals surface area (Å²) in [5, 5.41) is 0.598. The van der Waals surface area contributed by atoms with Crippen molar-refractivity contribution < 1.29 is 19.0 Å². The number of benzene rings is 3. The van der Waals surface area contributed by atoms with Gasteiger partial charge in [-0.1, -0.05) is 48.0 Å². The lowest BCUT2D eigenvalue weighted by Gasteiger charge is -2.57. The molecule has 4 fully saturated rings. The van der Waals surface area contributed by atoms with Gasteiger partial charge in [0.25, 0.3) is 0 Å². The third-order valence-corrected chi connectivity index (χ3v) is 9.05. The number of hydrogen-bond acceptors (Lipinski definition) is 4. The molecule has 198 valence electrons. The molecule has 0 spiro atoms. The molecule has 0 unspecified atom stereocenters. The molecular weight excluding hydrogens is 496 g/mol. The Kier molecular flexibility index (Phi) is 7.09. The van der Waals surface area contributed by atoms with Gasteiger partial charge in [0.15, 0.2) is 6.61 Å². The highest BCUT2D eigenvalue weighted by molar-refractivity contribution is 6.33. The van der Waals surface area contributed by atoms with Crippen molar-refractivity contribution in [1.82, 2.24) is 0 Å². The Bertz CT molecular complexity index is 1270. The zero-order valence-electron chi connectivity index (χ0n) is 22.0. The molecule has 4 bridgehead atoms. The van der Waals surface area contributed by atoms with E-state index in [1.807, 2.05) is 18.2 Å². The van der Waals surface area contributed by atoms with Crippen LogP contribution in [0.3, 0.4) is 0 Å². The molecule has 4 nitrogen and oxygen atoms in total. The van der Waals surface area contributed by atoms with E-state index in [4.69, 9.17) is 25.8 Å². The minimum absolute atomic E-state index is 0.132. The standard InChI is InChI=1S/C33H35ClO4/c1-2-36-32(35)21-37-27-9-10-28(30(34)16-27)26-8-11-31(38-20-22-6-4-3-5-7-22)29(15-26)33-17-23-12-24(18-33)14-25(13-23)19-33/h3-11,15-16,23-25H,2,12-14,17-21H2,1H3. The van der Waals surface area contributed by atoms with Gasteiger partial charge in [0.2, 0.25) is 0 Å². The first-order chi connectivity index (χ1) is 18.5. The van der Waals surface area contributed by atoms with Gasteiger partial charge in [-0.05, 0) is 110 Å². The van der Waals surface area contributed by atoms with Crippen LogP contribution in [0.4, 0.5) is 0 Å². The maximum atomic E-state index is 11.7. The molecule has 5 heteroatoms. The average molecular weight is 531 g/mol. The van der Waals surface area contributed by atoms with Crippen molar-refractivity contribution >= 4 is 17.6 Å². The largest absolute Gasteiger partial charge is 0.489 e. The summed E-state index contributed by atoms with van der Waals surface area (Å²) in [4.78, 5) is 11.7. The van der Waals surface area contributed by atoms with Crippen LogP contribution in [0.25, 0.3) is 11.1 Å². The molecule has 4 aliphatic carbocycles. The van der Waals surface area contributed by atoms with Crippen LogP contribution >= 0.6 is 11.6 Å². The summed E-state index contributed by atoms with van der Waals surface area (Å²) in [7, 11) is 0. The van der Waals surface area contributed by atoms with Gasteiger partial charge in [-0.3, -0.25) is 0 Å². The van der Waals surface area contributed by atoms with Crippen molar-refractivity contribution in [2.45, 2.75) is 57.5 Å². The molecule has 0 aromatic heterocycles. The van der Waals surface area contributed by atoms with Crippen molar-refractivity contribution in [3.63, 3.8) is 0 Å². The molecule has 0 aliphatic heterocycles.